The van der Waals surface area contributed by atoms with E-state index < -0.39 is 32.5 Å². The molecular formula is C41H72NO8P. The zero-order chi connectivity index (χ0) is 37.5. The fourth-order valence-corrected chi connectivity index (χ4v) is 5.74. The van der Waals surface area contributed by atoms with Crippen molar-refractivity contribution in [3.63, 3.8) is 0 Å². The van der Waals surface area contributed by atoms with Crippen LogP contribution in [0.5, 0.6) is 0 Å². The van der Waals surface area contributed by atoms with Crippen LogP contribution < -0.4 is 5.73 Å². The van der Waals surface area contributed by atoms with Crippen LogP contribution in [0.2, 0.25) is 0 Å². The van der Waals surface area contributed by atoms with Crippen LogP contribution in [0, 0.1) is 0 Å². The minimum atomic E-state index is -4.39. The molecule has 0 spiro atoms. The van der Waals surface area contributed by atoms with E-state index in [2.05, 4.69) is 74.6 Å². The Bertz CT molecular complexity index is 1020. The topological polar surface area (TPSA) is 134 Å². The van der Waals surface area contributed by atoms with E-state index in [1.807, 2.05) is 0 Å². The molecule has 1 unspecified atom stereocenters. The molecule has 2 atom stereocenters. The van der Waals surface area contributed by atoms with Crippen molar-refractivity contribution < 1.29 is 37.6 Å². The highest BCUT2D eigenvalue weighted by Gasteiger charge is 2.25. The quantitative estimate of drug-likeness (QED) is 0.0279. The molecule has 0 bridgehead atoms. The molecule has 0 aliphatic carbocycles. The van der Waals surface area contributed by atoms with Gasteiger partial charge in [0.05, 0.1) is 13.2 Å². The van der Waals surface area contributed by atoms with Crippen molar-refractivity contribution in [1.29, 1.82) is 0 Å². The summed E-state index contributed by atoms with van der Waals surface area (Å²) in [6.07, 6.45) is 42.5. The fraction of sp³-hybridized carbons (Fsp3) is 0.707. The number of rotatable bonds is 36. The summed E-state index contributed by atoms with van der Waals surface area (Å²) in [4.78, 5) is 34.7. The van der Waals surface area contributed by atoms with Gasteiger partial charge in [-0.2, -0.15) is 0 Å². The number of nitrogens with two attached hydrogens (primary N) is 1. The van der Waals surface area contributed by atoms with Crippen LogP contribution in [-0.4, -0.2) is 49.3 Å². The van der Waals surface area contributed by atoms with Crippen molar-refractivity contribution in [3.8, 4) is 0 Å². The normalized spacial score (nSPS) is 14.0. The Morgan fingerprint density at radius 1 is 0.608 bits per heavy atom. The van der Waals surface area contributed by atoms with Gasteiger partial charge in [-0.1, -0.05) is 126 Å². The number of esters is 2. The second-order valence-corrected chi connectivity index (χ2v) is 14.2. The molecule has 3 N–H and O–H groups in total. The number of hydrogen-bond acceptors (Lipinski definition) is 8. The molecule has 9 nitrogen and oxygen atoms in total. The van der Waals surface area contributed by atoms with E-state index in [1.165, 1.54) is 51.4 Å². The van der Waals surface area contributed by atoms with Gasteiger partial charge in [0, 0.05) is 19.4 Å². The molecule has 0 fully saturated rings. The number of carbonyl (C=O) groups is 2. The maximum atomic E-state index is 12.5. The smallest absolute Gasteiger partial charge is 0.462 e. The molecule has 0 rings (SSSR count). The van der Waals surface area contributed by atoms with Crippen molar-refractivity contribution in [2.45, 2.75) is 161 Å². The summed E-state index contributed by atoms with van der Waals surface area (Å²) in [5.41, 5.74) is 5.33. The number of unbranched alkanes of at least 4 members (excludes halogenated alkanes) is 13. The van der Waals surface area contributed by atoms with E-state index in [1.54, 1.807) is 0 Å². The van der Waals surface area contributed by atoms with E-state index in [9.17, 15) is 19.0 Å². The molecule has 0 aliphatic rings. The second-order valence-electron chi connectivity index (χ2n) is 12.8. The molecule has 0 saturated carbocycles. The molecule has 0 radical (unpaired) electrons. The average molecular weight is 738 g/mol. The Morgan fingerprint density at radius 2 is 1.08 bits per heavy atom. The summed E-state index contributed by atoms with van der Waals surface area (Å²) in [7, 11) is -4.39. The maximum Gasteiger partial charge on any atom is 0.472 e. The van der Waals surface area contributed by atoms with E-state index >= 15 is 0 Å². The second kappa shape index (κ2) is 37.5. The summed E-state index contributed by atoms with van der Waals surface area (Å²) in [5.74, 6) is -0.888. The van der Waals surface area contributed by atoms with Crippen LogP contribution in [-0.2, 0) is 32.7 Å². The van der Waals surface area contributed by atoms with Crippen LogP contribution in [0.1, 0.15) is 155 Å². The van der Waals surface area contributed by atoms with Gasteiger partial charge in [0.15, 0.2) is 6.10 Å². The highest BCUT2D eigenvalue weighted by molar-refractivity contribution is 7.47. The summed E-state index contributed by atoms with van der Waals surface area (Å²) >= 11 is 0. The SMILES string of the molecule is CCC=CCC=CCC=CCC=CCCCCC(=O)O[C@H](COC(=O)CCCCCCCCCC=CCCCCCC)COP(=O)(O)OCCN. The number of ether oxygens (including phenoxy) is 2. The highest BCUT2D eigenvalue weighted by atomic mass is 31.2. The molecule has 0 aromatic rings. The zero-order valence-corrected chi connectivity index (χ0v) is 33.0. The summed E-state index contributed by atoms with van der Waals surface area (Å²) in [6.45, 7) is 3.53. The molecule has 0 aliphatic heterocycles. The van der Waals surface area contributed by atoms with Crippen molar-refractivity contribution >= 4 is 19.8 Å². The van der Waals surface area contributed by atoms with Crippen molar-refractivity contribution in [3.05, 3.63) is 60.8 Å². The molecule has 0 heterocycles. The summed E-state index contributed by atoms with van der Waals surface area (Å²) < 4.78 is 32.6. The Labute approximate surface area is 310 Å². The predicted octanol–water partition coefficient (Wildman–Crippen LogP) is 10.9. The summed E-state index contributed by atoms with van der Waals surface area (Å²) in [5, 5.41) is 0. The van der Waals surface area contributed by atoms with E-state index in [-0.39, 0.29) is 32.6 Å². The van der Waals surface area contributed by atoms with Gasteiger partial charge < -0.3 is 20.1 Å². The Morgan fingerprint density at radius 3 is 1.67 bits per heavy atom. The van der Waals surface area contributed by atoms with Gasteiger partial charge in [0.1, 0.15) is 6.61 Å². The summed E-state index contributed by atoms with van der Waals surface area (Å²) in [6, 6.07) is 0. The zero-order valence-electron chi connectivity index (χ0n) is 32.1. The monoisotopic (exact) mass is 737 g/mol. The lowest BCUT2D eigenvalue weighted by Crippen LogP contribution is -2.29. The lowest BCUT2D eigenvalue weighted by molar-refractivity contribution is -0.161. The molecule has 294 valence electrons. The highest BCUT2D eigenvalue weighted by Crippen LogP contribution is 2.43. The number of carbonyl (C=O) groups excluding carboxylic acids is 2. The minimum Gasteiger partial charge on any atom is -0.462 e. The van der Waals surface area contributed by atoms with E-state index in [4.69, 9.17) is 24.3 Å². The molecular weight excluding hydrogens is 665 g/mol. The van der Waals surface area contributed by atoms with Gasteiger partial charge in [-0.15, -0.1) is 0 Å². The van der Waals surface area contributed by atoms with Crippen LogP contribution in [0.4, 0.5) is 0 Å². The van der Waals surface area contributed by atoms with Gasteiger partial charge in [0.2, 0.25) is 0 Å². The van der Waals surface area contributed by atoms with Crippen LogP contribution in [0.3, 0.4) is 0 Å². The van der Waals surface area contributed by atoms with Crippen molar-refractivity contribution in [2.75, 3.05) is 26.4 Å². The number of phosphoric ester groups is 1. The first-order valence-corrected chi connectivity index (χ1v) is 21.3. The molecule has 0 aromatic carbocycles. The van der Waals surface area contributed by atoms with Gasteiger partial charge >= 0.3 is 19.8 Å². The van der Waals surface area contributed by atoms with E-state index in [0.717, 1.165) is 70.6 Å². The predicted molar refractivity (Wildman–Crippen MR) is 210 cm³/mol. The van der Waals surface area contributed by atoms with Crippen LogP contribution in [0.15, 0.2) is 60.8 Å². The molecule has 0 saturated heterocycles. The molecule has 0 amide bonds. The number of allylic oxidation sites excluding steroid dienone is 10. The third-order valence-corrected chi connectivity index (χ3v) is 8.87. The van der Waals surface area contributed by atoms with E-state index in [0.29, 0.717) is 6.42 Å². The number of phosphoric acid groups is 1. The molecule has 51 heavy (non-hydrogen) atoms. The average Bonchev–Trinajstić information content (AvgIpc) is 3.11. The first kappa shape index (κ1) is 48.7. The molecule has 0 aromatic heterocycles. The standard InChI is InChI=1S/C41H72NO8P/c1-3-5-7-9-11-13-15-17-19-21-23-25-27-29-31-33-40(43)47-37-39(38-49-51(45,46)48-36-35-42)50-41(44)34-32-30-28-26-24-22-20-18-16-14-12-10-8-6-4-2/h6,8,12-15,18,20,24,26,39H,3-5,7,9-11,16-17,19,21-23,25,27-38,42H2,1-2H3,(H,45,46)/t39-/m1/s1. The van der Waals surface area contributed by atoms with Crippen LogP contribution >= 0.6 is 7.82 Å². The minimum absolute atomic E-state index is 0.0434. The Hall–Kier alpha value is -2.29. The number of hydrogen-bond donors (Lipinski definition) is 2. The first-order valence-electron chi connectivity index (χ1n) is 19.8. The largest absolute Gasteiger partial charge is 0.472 e. The lowest BCUT2D eigenvalue weighted by atomic mass is 10.1. The Balaban J connectivity index is 4.29. The first-order chi connectivity index (χ1) is 24.8. The van der Waals surface area contributed by atoms with Gasteiger partial charge in [-0.05, 0) is 77.0 Å². The van der Waals surface area contributed by atoms with Crippen molar-refractivity contribution in [2.24, 2.45) is 5.73 Å². The third kappa shape index (κ3) is 37.3. The third-order valence-electron chi connectivity index (χ3n) is 7.89. The fourth-order valence-electron chi connectivity index (χ4n) is 4.97. The van der Waals surface area contributed by atoms with Gasteiger partial charge in [-0.25, -0.2) is 4.57 Å². The molecule has 10 heteroatoms. The maximum absolute atomic E-state index is 12.5. The Kier molecular flexibility index (Phi) is 35.8. The lowest BCUT2D eigenvalue weighted by Gasteiger charge is -2.19. The van der Waals surface area contributed by atoms with Gasteiger partial charge in [0.25, 0.3) is 0 Å². The van der Waals surface area contributed by atoms with Crippen molar-refractivity contribution in [1.82, 2.24) is 0 Å². The van der Waals surface area contributed by atoms with Crippen LogP contribution in [0.25, 0.3) is 0 Å². The van der Waals surface area contributed by atoms with Gasteiger partial charge in [-0.3, -0.25) is 18.6 Å².